The molecule has 0 aliphatic heterocycles. The van der Waals surface area contributed by atoms with Crippen LogP contribution in [0, 0.1) is 6.92 Å². The van der Waals surface area contributed by atoms with E-state index in [9.17, 15) is 22.8 Å². The topological polar surface area (TPSA) is 86.1 Å². The first-order valence-corrected chi connectivity index (χ1v) is 9.38. The van der Waals surface area contributed by atoms with E-state index in [2.05, 4.69) is 15.3 Å². The molecule has 7 nitrogen and oxygen atoms in total. The van der Waals surface area contributed by atoms with E-state index in [0.29, 0.717) is 11.4 Å². The lowest BCUT2D eigenvalue weighted by atomic mass is 10.1. The number of carbonyl (C=O) groups excluding carboxylic acids is 1. The predicted molar refractivity (Wildman–Crippen MR) is 109 cm³/mol. The molecule has 0 atom stereocenters. The maximum Gasteiger partial charge on any atom is 0.416 e. The fraction of sp³-hybridized carbons (Fsp3) is 0.333. The Labute approximate surface area is 175 Å². The van der Waals surface area contributed by atoms with Gasteiger partial charge < -0.3 is 10.1 Å². The summed E-state index contributed by atoms with van der Waals surface area (Å²) in [7, 11) is 0. The van der Waals surface area contributed by atoms with E-state index in [4.69, 9.17) is 4.74 Å². The van der Waals surface area contributed by atoms with Crippen LogP contribution in [0.2, 0.25) is 0 Å². The number of carbonyl (C=O) groups is 1. The Morgan fingerprint density at radius 3 is 2.52 bits per heavy atom. The molecule has 0 amide bonds. The van der Waals surface area contributed by atoms with Crippen molar-refractivity contribution in [1.29, 1.82) is 0 Å². The Morgan fingerprint density at radius 1 is 1.19 bits per heavy atom. The van der Waals surface area contributed by atoms with E-state index in [1.165, 1.54) is 12.3 Å². The van der Waals surface area contributed by atoms with E-state index < -0.39 is 28.9 Å². The molecule has 0 spiro atoms. The lowest BCUT2D eigenvalue weighted by Gasteiger charge is -2.20. The molecule has 0 unspecified atom stereocenters. The normalized spacial score (nSPS) is 12.1. The zero-order valence-electron chi connectivity index (χ0n) is 17.4. The first-order chi connectivity index (χ1) is 14.4. The standard InChI is InChI=1S/C21H21F3N4O3/c1-12-15(6-5-9-25-12)28-16-10-13(21(22,23)24)7-8-14(16)27-18(19(28)30)26-11-17(29)31-20(2,3)4/h5-10H,11H2,1-4H3,(H,26,27). The molecule has 0 aliphatic carbocycles. The fourth-order valence-electron chi connectivity index (χ4n) is 2.96. The molecule has 10 heteroatoms. The second-order valence-electron chi connectivity index (χ2n) is 7.85. The van der Waals surface area contributed by atoms with Crippen molar-refractivity contribution < 1.29 is 22.7 Å². The van der Waals surface area contributed by atoms with Gasteiger partial charge in [-0.05, 0) is 58.0 Å². The first kappa shape index (κ1) is 22.3. The number of alkyl halides is 3. The van der Waals surface area contributed by atoms with Gasteiger partial charge in [-0.3, -0.25) is 19.1 Å². The molecule has 0 bridgehead atoms. The number of hydrogen-bond donors (Lipinski definition) is 1. The smallest absolute Gasteiger partial charge is 0.416 e. The Morgan fingerprint density at radius 2 is 1.90 bits per heavy atom. The number of ether oxygens (including phenoxy) is 1. The third-order valence-corrected chi connectivity index (χ3v) is 4.22. The average molecular weight is 434 g/mol. The van der Waals surface area contributed by atoms with Gasteiger partial charge in [0.2, 0.25) is 0 Å². The molecule has 0 saturated carbocycles. The minimum absolute atomic E-state index is 0.0289. The molecule has 3 aromatic rings. The maximum atomic E-state index is 13.3. The largest absolute Gasteiger partial charge is 0.459 e. The van der Waals surface area contributed by atoms with Gasteiger partial charge in [-0.2, -0.15) is 13.2 Å². The van der Waals surface area contributed by atoms with Crippen molar-refractivity contribution in [2.45, 2.75) is 39.5 Å². The summed E-state index contributed by atoms with van der Waals surface area (Å²) in [6.45, 7) is 6.41. The highest BCUT2D eigenvalue weighted by Gasteiger charge is 2.31. The second-order valence-corrected chi connectivity index (χ2v) is 7.85. The summed E-state index contributed by atoms with van der Waals surface area (Å²) in [5.41, 5.74) is -1.48. The number of hydrogen-bond acceptors (Lipinski definition) is 6. The molecule has 0 fully saturated rings. The molecule has 0 radical (unpaired) electrons. The van der Waals surface area contributed by atoms with Gasteiger partial charge in [-0.15, -0.1) is 0 Å². The Kier molecular flexibility index (Phi) is 5.75. The highest BCUT2D eigenvalue weighted by molar-refractivity contribution is 5.80. The zero-order valence-corrected chi connectivity index (χ0v) is 17.4. The van der Waals surface area contributed by atoms with Gasteiger partial charge in [0.05, 0.1) is 28.0 Å². The van der Waals surface area contributed by atoms with Crippen LogP contribution in [0.25, 0.3) is 16.7 Å². The zero-order chi connectivity index (χ0) is 23.0. The summed E-state index contributed by atoms with van der Waals surface area (Å²) in [6, 6.07) is 6.08. The van der Waals surface area contributed by atoms with Gasteiger partial charge >= 0.3 is 12.1 Å². The van der Waals surface area contributed by atoms with Gasteiger partial charge in [0.25, 0.3) is 5.56 Å². The number of aromatic nitrogens is 3. The molecular formula is C21H21F3N4O3. The summed E-state index contributed by atoms with van der Waals surface area (Å²) >= 11 is 0. The number of esters is 1. The first-order valence-electron chi connectivity index (χ1n) is 9.38. The lowest BCUT2D eigenvalue weighted by molar-refractivity contribution is -0.152. The SMILES string of the molecule is Cc1ncccc1-n1c(=O)c(NCC(=O)OC(C)(C)C)nc2ccc(C(F)(F)F)cc21. The molecule has 0 saturated heterocycles. The van der Waals surface area contributed by atoms with E-state index in [1.807, 2.05) is 0 Å². The fourth-order valence-corrected chi connectivity index (χ4v) is 2.96. The number of benzene rings is 1. The minimum atomic E-state index is -4.59. The van der Waals surface area contributed by atoms with Crippen molar-refractivity contribution in [3.05, 3.63) is 58.1 Å². The quantitative estimate of drug-likeness (QED) is 0.628. The second kappa shape index (κ2) is 8.01. The van der Waals surface area contributed by atoms with Crippen LogP contribution in [0.5, 0.6) is 0 Å². The Balaban J connectivity index is 2.16. The molecule has 3 rings (SSSR count). The summed E-state index contributed by atoms with van der Waals surface area (Å²) in [5.74, 6) is -0.799. The third-order valence-electron chi connectivity index (χ3n) is 4.22. The van der Waals surface area contributed by atoms with Crippen molar-refractivity contribution >= 4 is 22.8 Å². The Bertz CT molecular complexity index is 1200. The minimum Gasteiger partial charge on any atom is -0.459 e. The van der Waals surface area contributed by atoms with E-state index in [1.54, 1.807) is 39.8 Å². The van der Waals surface area contributed by atoms with Crippen molar-refractivity contribution in [2.75, 3.05) is 11.9 Å². The molecule has 31 heavy (non-hydrogen) atoms. The maximum absolute atomic E-state index is 13.3. The molecular weight excluding hydrogens is 413 g/mol. The summed E-state index contributed by atoms with van der Waals surface area (Å²) < 4.78 is 46.1. The van der Waals surface area contributed by atoms with E-state index in [-0.39, 0.29) is 23.4 Å². The molecule has 164 valence electrons. The molecule has 1 N–H and O–H groups in total. The van der Waals surface area contributed by atoms with Crippen LogP contribution in [0.4, 0.5) is 19.0 Å². The van der Waals surface area contributed by atoms with Gasteiger partial charge in [-0.1, -0.05) is 0 Å². The van der Waals surface area contributed by atoms with Crippen LogP contribution in [-0.2, 0) is 15.7 Å². The predicted octanol–water partition coefficient (Wildman–Crippen LogP) is 3.86. The highest BCUT2D eigenvalue weighted by Crippen LogP contribution is 2.31. The number of halogens is 3. The van der Waals surface area contributed by atoms with E-state index in [0.717, 1.165) is 16.7 Å². The summed E-state index contributed by atoms with van der Waals surface area (Å²) in [5, 5.41) is 2.64. The third kappa shape index (κ3) is 5.01. The van der Waals surface area contributed by atoms with Gasteiger partial charge in [0.1, 0.15) is 12.1 Å². The number of aryl methyl sites for hydroxylation is 1. The highest BCUT2D eigenvalue weighted by atomic mass is 19.4. The van der Waals surface area contributed by atoms with Crippen molar-refractivity contribution in [1.82, 2.24) is 14.5 Å². The number of nitrogens with zero attached hydrogens (tertiary/aromatic N) is 3. The van der Waals surface area contributed by atoms with Crippen molar-refractivity contribution in [3.8, 4) is 5.69 Å². The summed E-state index contributed by atoms with van der Waals surface area (Å²) in [6.07, 6.45) is -3.08. The molecule has 1 aromatic carbocycles. The van der Waals surface area contributed by atoms with Gasteiger partial charge in [0, 0.05) is 6.20 Å². The lowest BCUT2D eigenvalue weighted by Crippen LogP contribution is -2.31. The number of fused-ring (bicyclic) bond motifs is 1. The van der Waals surface area contributed by atoms with Crippen LogP contribution in [0.3, 0.4) is 0 Å². The van der Waals surface area contributed by atoms with Crippen LogP contribution < -0.4 is 10.9 Å². The van der Waals surface area contributed by atoms with Crippen molar-refractivity contribution in [2.24, 2.45) is 0 Å². The molecule has 2 aromatic heterocycles. The van der Waals surface area contributed by atoms with Gasteiger partial charge in [-0.25, -0.2) is 4.98 Å². The number of anilines is 1. The van der Waals surface area contributed by atoms with Crippen molar-refractivity contribution in [3.63, 3.8) is 0 Å². The molecule has 2 heterocycles. The van der Waals surface area contributed by atoms with Crippen LogP contribution in [0.1, 0.15) is 32.0 Å². The van der Waals surface area contributed by atoms with Crippen LogP contribution >= 0.6 is 0 Å². The van der Waals surface area contributed by atoms with Gasteiger partial charge in [0.15, 0.2) is 5.82 Å². The monoisotopic (exact) mass is 434 g/mol. The number of pyridine rings is 1. The summed E-state index contributed by atoms with van der Waals surface area (Å²) in [4.78, 5) is 33.4. The van der Waals surface area contributed by atoms with Crippen LogP contribution in [-0.4, -0.2) is 32.7 Å². The van der Waals surface area contributed by atoms with E-state index >= 15 is 0 Å². The number of nitrogens with one attached hydrogen (secondary N) is 1. The Hall–Kier alpha value is -3.43. The molecule has 0 aliphatic rings. The average Bonchev–Trinajstić information content (AvgIpc) is 2.65. The van der Waals surface area contributed by atoms with Crippen LogP contribution in [0.15, 0.2) is 41.3 Å². The number of rotatable bonds is 4.